The molecule has 0 aliphatic carbocycles. The third kappa shape index (κ3) is 3.85. The first-order valence-corrected chi connectivity index (χ1v) is 6.71. The van der Waals surface area contributed by atoms with Gasteiger partial charge in [-0.15, -0.1) is 0 Å². The smallest absolute Gasteiger partial charge is 0.337 e. The van der Waals surface area contributed by atoms with E-state index < -0.39 is 0 Å². The molecule has 0 aliphatic heterocycles. The van der Waals surface area contributed by atoms with Crippen LogP contribution < -0.4 is 11.1 Å². The number of nitrogens with one attached hydrogen (secondary N) is 1. The van der Waals surface area contributed by atoms with Gasteiger partial charge in [-0.3, -0.25) is 0 Å². The van der Waals surface area contributed by atoms with E-state index in [1.165, 1.54) is 7.11 Å². The Bertz CT molecular complexity index is 396. The van der Waals surface area contributed by atoms with Gasteiger partial charge in [0.2, 0.25) is 0 Å². The van der Waals surface area contributed by atoms with Crippen LogP contribution in [0.25, 0.3) is 0 Å². The van der Waals surface area contributed by atoms with E-state index in [0.717, 1.165) is 11.4 Å². The van der Waals surface area contributed by atoms with Crippen molar-refractivity contribution in [1.82, 2.24) is 0 Å². The first-order valence-electron chi connectivity index (χ1n) is 5.31. The number of carbonyl (C=O) groups is 1. The van der Waals surface area contributed by atoms with Gasteiger partial charge in [0.15, 0.2) is 0 Å². The first kappa shape index (κ1) is 13.7. The van der Waals surface area contributed by atoms with Crippen LogP contribution in [-0.4, -0.2) is 31.1 Å². The molecule has 0 radical (unpaired) electrons. The van der Waals surface area contributed by atoms with E-state index in [-0.39, 0.29) is 5.97 Å². The van der Waals surface area contributed by atoms with E-state index in [1.54, 1.807) is 30.0 Å². The summed E-state index contributed by atoms with van der Waals surface area (Å²) in [6, 6.07) is 5.46. The summed E-state index contributed by atoms with van der Waals surface area (Å²) in [5.41, 5.74) is 7.75. The number of benzene rings is 1. The van der Waals surface area contributed by atoms with E-state index in [1.807, 2.05) is 0 Å². The molecule has 0 fully saturated rings. The molecule has 0 amide bonds. The number of thioether (sulfide) groups is 1. The second kappa shape index (κ2) is 6.39. The van der Waals surface area contributed by atoms with Crippen LogP contribution in [0.4, 0.5) is 11.4 Å². The van der Waals surface area contributed by atoms with Gasteiger partial charge in [-0.05, 0) is 31.4 Å². The molecule has 17 heavy (non-hydrogen) atoms. The standard InChI is InChI=1S/C12H18N2O2S/c1-8(7-17-3)14-11-5-4-9(6-10(11)13)12(15)16-2/h4-6,8,14H,7,13H2,1-3H3. The summed E-state index contributed by atoms with van der Waals surface area (Å²) in [6.07, 6.45) is 2.06. The molecule has 0 spiro atoms. The van der Waals surface area contributed by atoms with Gasteiger partial charge in [-0.2, -0.15) is 11.8 Å². The second-order valence-electron chi connectivity index (χ2n) is 3.79. The Morgan fingerprint density at radius 1 is 1.59 bits per heavy atom. The van der Waals surface area contributed by atoms with Crippen LogP contribution >= 0.6 is 11.8 Å². The Morgan fingerprint density at radius 2 is 2.29 bits per heavy atom. The van der Waals surface area contributed by atoms with E-state index in [0.29, 0.717) is 17.3 Å². The largest absolute Gasteiger partial charge is 0.465 e. The molecule has 0 bridgehead atoms. The van der Waals surface area contributed by atoms with Crippen molar-refractivity contribution in [1.29, 1.82) is 0 Å². The highest BCUT2D eigenvalue weighted by atomic mass is 32.2. The zero-order valence-corrected chi connectivity index (χ0v) is 11.1. The molecule has 1 unspecified atom stereocenters. The maximum Gasteiger partial charge on any atom is 0.337 e. The summed E-state index contributed by atoms with van der Waals surface area (Å²) < 4.78 is 4.63. The maximum absolute atomic E-state index is 11.3. The molecule has 0 saturated carbocycles. The quantitative estimate of drug-likeness (QED) is 0.623. The molecule has 5 heteroatoms. The monoisotopic (exact) mass is 254 g/mol. The van der Waals surface area contributed by atoms with Crippen LogP contribution in [0.3, 0.4) is 0 Å². The van der Waals surface area contributed by atoms with Crippen molar-refractivity contribution in [3.63, 3.8) is 0 Å². The Labute approximate surface area is 106 Å². The predicted molar refractivity (Wildman–Crippen MR) is 73.7 cm³/mol. The van der Waals surface area contributed by atoms with Gasteiger partial charge in [-0.25, -0.2) is 4.79 Å². The molecule has 3 N–H and O–H groups in total. The van der Waals surface area contributed by atoms with Crippen molar-refractivity contribution in [2.75, 3.05) is 30.2 Å². The topological polar surface area (TPSA) is 64.3 Å². The van der Waals surface area contributed by atoms with Crippen LogP contribution in [-0.2, 0) is 4.74 Å². The number of anilines is 2. The highest BCUT2D eigenvalue weighted by molar-refractivity contribution is 7.98. The third-order valence-corrected chi connectivity index (χ3v) is 3.12. The third-order valence-electron chi connectivity index (χ3n) is 2.29. The number of hydrogen-bond acceptors (Lipinski definition) is 5. The van der Waals surface area contributed by atoms with Crippen molar-refractivity contribution in [3.8, 4) is 0 Å². The van der Waals surface area contributed by atoms with E-state index >= 15 is 0 Å². The lowest BCUT2D eigenvalue weighted by Gasteiger charge is -2.16. The van der Waals surface area contributed by atoms with E-state index in [9.17, 15) is 4.79 Å². The minimum absolute atomic E-state index is 0.330. The van der Waals surface area contributed by atoms with E-state index in [4.69, 9.17) is 5.73 Å². The van der Waals surface area contributed by atoms with Gasteiger partial charge in [0.1, 0.15) is 0 Å². The normalized spacial score (nSPS) is 11.9. The van der Waals surface area contributed by atoms with Gasteiger partial charge < -0.3 is 15.8 Å². The summed E-state index contributed by atoms with van der Waals surface area (Å²) >= 11 is 1.77. The summed E-state index contributed by atoms with van der Waals surface area (Å²) in [4.78, 5) is 11.3. The number of nitrogen functional groups attached to an aromatic ring is 1. The number of ether oxygens (including phenoxy) is 1. The lowest BCUT2D eigenvalue weighted by Crippen LogP contribution is -2.18. The predicted octanol–water partition coefficient (Wildman–Crippen LogP) is 2.22. The van der Waals surface area contributed by atoms with Crippen LogP contribution in [0.2, 0.25) is 0 Å². The average molecular weight is 254 g/mol. The number of esters is 1. The molecular weight excluding hydrogens is 236 g/mol. The highest BCUT2D eigenvalue weighted by Gasteiger charge is 2.09. The molecular formula is C12H18N2O2S. The highest BCUT2D eigenvalue weighted by Crippen LogP contribution is 2.21. The molecule has 0 aromatic heterocycles. The van der Waals surface area contributed by atoms with Crippen LogP contribution in [0.1, 0.15) is 17.3 Å². The molecule has 1 atom stereocenters. The number of rotatable bonds is 5. The SMILES string of the molecule is COC(=O)c1ccc(NC(C)CSC)c(N)c1. The fourth-order valence-electron chi connectivity index (χ4n) is 1.50. The summed E-state index contributed by atoms with van der Waals surface area (Å²) in [7, 11) is 1.35. The summed E-state index contributed by atoms with van der Waals surface area (Å²) in [6.45, 7) is 2.09. The average Bonchev–Trinajstić information content (AvgIpc) is 2.31. The van der Waals surface area contributed by atoms with Gasteiger partial charge in [-0.1, -0.05) is 0 Å². The first-order chi connectivity index (χ1) is 8.08. The molecule has 1 aromatic carbocycles. The second-order valence-corrected chi connectivity index (χ2v) is 4.71. The fraction of sp³-hybridized carbons (Fsp3) is 0.417. The molecule has 94 valence electrons. The Hall–Kier alpha value is -1.36. The van der Waals surface area contributed by atoms with Gasteiger partial charge >= 0.3 is 5.97 Å². The molecule has 0 aliphatic rings. The Balaban J connectivity index is 2.79. The lowest BCUT2D eigenvalue weighted by molar-refractivity contribution is 0.0601. The Kier molecular flexibility index (Phi) is 5.15. The van der Waals surface area contributed by atoms with Crippen LogP contribution in [0, 0.1) is 0 Å². The van der Waals surface area contributed by atoms with Crippen molar-refractivity contribution in [3.05, 3.63) is 23.8 Å². The molecule has 0 heterocycles. The Morgan fingerprint density at radius 3 is 2.82 bits per heavy atom. The number of nitrogens with two attached hydrogens (primary N) is 1. The zero-order chi connectivity index (χ0) is 12.8. The molecule has 1 rings (SSSR count). The van der Waals surface area contributed by atoms with Crippen molar-refractivity contribution in [2.24, 2.45) is 0 Å². The summed E-state index contributed by atoms with van der Waals surface area (Å²) in [5, 5.41) is 3.30. The molecule has 1 aromatic rings. The lowest BCUT2D eigenvalue weighted by atomic mass is 10.1. The number of hydrogen-bond donors (Lipinski definition) is 2. The van der Waals surface area contributed by atoms with Crippen LogP contribution in [0.5, 0.6) is 0 Å². The van der Waals surface area contributed by atoms with Crippen LogP contribution in [0.15, 0.2) is 18.2 Å². The minimum Gasteiger partial charge on any atom is -0.465 e. The van der Waals surface area contributed by atoms with E-state index in [2.05, 4.69) is 23.2 Å². The summed E-state index contributed by atoms with van der Waals surface area (Å²) in [5.74, 6) is 0.624. The van der Waals surface area contributed by atoms with Gasteiger partial charge in [0, 0.05) is 11.8 Å². The van der Waals surface area contributed by atoms with Crippen molar-refractivity contribution < 1.29 is 9.53 Å². The van der Waals surface area contributed by atoms with Gasteiger partial charge in [0.05, 0.1) is 24.0 Å². The maximum atomic E-state index is 11.3. The zero-order valence-electron chi connectivity index (χ0n) is 10.3. The van der Waals surface area contributed by atoms with Crippen molar-refractivity contribution >= 4 is 29.1 Å². The number of methoxy groups -OCH3 is 1. The molecule has 0 saturated heterocycles. The number of carbonyl (C=O) groups excluding carboxylic acids is 1. The molecule has 4 nitrogen and oxygen atoms in total. The minimum atomic E-state index is -0.375. The van der Waals surface area contributed by atoms with Crippen molar-refractivity contribution in [2.45, 2.75) is 13.0 Å². The fourth-order valence-corrected chi connectivity index (χ4v) is 2.08. The van der Waals surface area contributed by atoms with Gasteiger partial charge in [0.25, 0.3) is 0 Å².